The van der Waals surface area contributed by atoms with Crippen molar-refractivity contribution in [3.63, 3.8) is 0 Å². The van der Waals surface area contributed by atoms with Crippen molar-refractivity contribution in [3.05, 3.63) is 29.3 Å². The molecule has 1 amide bonds. The van der Waals surface area contributed by atoms with Crippen molar-refractivity contribution in [3.8, 4) is 0 Å². The maximum Gasteiger partial charge on any atom is 0.254 e. The number of carbonyl (C=O) groups excluding carboxylic acids is 1. The summed E-state index contributed by atoms with van der Waals surface area (Å²) in [5.41, 5.74) is 1.12. The lowest BCUT2D eigenvalue weighted by atomic mass is 10.1. The molecule has 156 valence electrons. The molecule has 1 aliphatic carbocycles. The van der Waals surface area contributed by atoms with E-state index in [-0.39, 0.29) is 22.6 Å². The summed E-state index contributed by atoms with van der Waals surface area (Å²) in [7, 11) is -6.63. The van der Waals surface area contributed by atoms with E-state index in [1.807, 2.05) is 4.90 Å². The number of carbonyl (C=O) groups is 1. The van der Waals surface area contributed by atoms with Crippen LogP contribution in [0.5, 0.6) is 0 Å². The molecule has 1 heterocycles. The van der Waals surface area contributed by atoms with Gasteiger partial charge in [0.1, 0.15) is 9.84 Å². The summed E-state index contributed by atoms with van der Waals surface area (Å²) in [6.07, 6.45) is 2.91. The van der Waals surface area contributed by atoms with Gasteiger partial charge in [0, 0.05) is 50.6 Å². The smallest absolute Gasteiger partial charge is 0.254 e. The summed E-state index contributed by atoms with van der Waals surface area (Å²) < 4.78 is 50.1. The number of nitrogens with one attached hydrogen (secondary N) is 1. The lowest BCUT2D eigenvalue weighted by Crippen LogP contribution is -2.49. The molecule has 3 rings (SSSR count). The predicted molar refractivity (Wildman–Crippen MR) is 107 cm³/mol. The van der Waals surface area contributed by atoms with Gasteiger partial charge in [-0.3, -0.25) is 9.69 Å². The number of sulfonamides is 1. The first-order chi connectivity index (χ1) is 13.0. The van der Waals surface area contributed by atoms with Gasteiger partial charge in [0.25, 0.3) is 5.91 Å². The van der Waals surface area contributed by atoms with E-state index in [0.29, 0.717) is 38.3 Å². The molecule has 1 aromatic rings. The van der Waals surface area contributed by atoms with Crippen molar-refractivity contribution in [1.82, 2.24) is 14.5 Å². The van der Waals surface area contributed by atoms with Crippen LogP contribution in [0.4, 0.5) is 0 Å². The number of hydrogen-bond donors (Lipinski definition) is 1. The van der Waals surface area contributed by atoms with Crippen molar-refractivity contribution in [2.45, 2.75) is 30.7 Å². The minimum Gasteiger partial charge on any atom is -0.336 e. The molecule has 1 saturated carbocycles. The Morgan fingerprint density at radius 3 is 2.32 bits per heavy atom. The number of amides is 1. The molecule has 0 bridgehead atoms. The third-order valence-corrected chi connectivity index (χ3v) is 7.53. The van der Waals surface area contributed by atoms with Crippen molar-refractivity contribution < 1.29 is 21.6 Å². The third kappa shape index (κ3) is 5.53. The topological polar surface area (TPSA) is 104 Å². The van der Waals surface area contributed by atoms with Crippen molar-refractivity contribution in [2.24, 2.45) is 0 Å². The SMILES string of the molecule is Cc1ccc(S(=O)(=O)NC2CC2)cc1C(=O)N1CCN(CCS(C)(=O)=O)CC1. The summed E-state index contributed by atoms with van der Waals surface area (Å²) in [5.74, 6) is -0.0859. The molecule has 1 aromatic carbocycles. The number of benzene rings is 1. The van der Waals surface area contributed by atoms with Gasteiger partial charge in [-0.05, 0) is 37.5 Å². The molecule has 1 N–H and O–H groups in total. The summed E-state index contributed by atoms with van der Waals surface area (Å²) in [6, 6.07) is 4.65. The molecule has 0 aromatic heterocycles. The summed E-state index contributed by atoms with van der Waals surface area (Å²) >= 11 is 0. The van der Waals surface area contributed by atoms with E-state index >= 15 is 0 Å². The van der Waals surface area contributed by atoms with Gasteiger partial charge in [-0.15, -0.1) is 0 Å². The minimum absolute atomic E-state index is 0.00506. The number of aryl methyl sites for hydroxylation is 1. The Balaban J connectivity index is 1.67. The fraction of sp³-hybridized carbons (Fsp3) is 0.611. The van der Waals surface area contributed by atoms with Crippen molar-refractivity contribution in [1.29, 1.82) is 0 Å². The largest absolute Gasteiger partial charge is 0.336 e. The van der Waals surface area contributed by atoms with Crippen LogP contribution in [0, 0.1) is 6.92 Å². The maximum atomic E-state index is 13.0. The zero-order valence-electron chi connectivity index (χ0n) is 16.2. The second-order valence-corrected chi connectivity index (χ2v) is 11.6. The molecule has 10 heteroatoms. The number of hydrogen-bond acceptors (Lipinski definition) is 6. The van der Waals surface area contributed by atoms with E-state index in [1.165, 1.54) is 18.4 Å². The van der Waals surface area contributed by atoms with Crippen LogP contribution in [0.2, 0.25) is 0 Å². The van der Waals surface area contributed by atoms with Crippen LogP contribution < -0.4 is 4.72 Å². The van der Waals surface area contributed by atoms with E-state index in [1.54, 1.807) is 17.9 Å². The fourth-order valence-electron chi connectivity index (χ4n) is 3.13. The van der Waals surface area contributed by atoms with Gasteiger partial charge in [0.05, 0.1) is 10.6 Å². The average Bonchev–Trinajstić information content (AvgIpc) is 3.43. The zero-order chi connectivity index (χ0) is 20.5. The molecular weight excluding hydrogens is 402 g/mol. The van der Waals surface area contributed by atoms with Gasteiger partial charge in [-0.1, -0.05) is 6.07 Å². The van der Waals surface area contributed by atoms with Crippen molar-refractivity contribution >= 4 is 25.8 Å². The molecular formula is C18H27N3O5S2. The third-order valence-electron chi connectivity index (χ3n) is 5.09. The van der Waals surface area contributed by atoms with Crippen LogP contribution in [0.15, 0.2) is 23.1 Å². The van der Waals surface area contributed by atoms with Gasteiger partial charge in [0.2, 0.25) is 10.0 Å². The Labute approximate surface area is 166 Å². The Morgan fingerprint density at radius 2 is 1.75 bits per heavy atom. The lowest BCUT2D eigenvalue weighted by Gasteiger charge is -2.34. The van der Waals surface area contributed by atoms with E-state index < -0.39 is 19.9 Å². The molecule has 0 radical (unpaired) electrons. The molecule has 0 unspecified atom stereocenters. The first-order valence-electron chi connectivity index (χ1n) is 9.37. The van der Waals surface area contributed by atoms with Crippen LogP contribution in [-0.4, -0.2) is 83.3 Å². The quantitative estimate of drug-likeness (QED) is 0.666. The van der Waals surface area contributed by atoms with Gasteiger partial charge in [-0.25, -0.2) is 21.6 Å². The summed E-state index contributed by atoms with van der Waals surface area (Å²) in [6.45, 7) is 4.42. The predicted octanol–water partition coefficient (Wildman–Crippen LogP) is 0.238. The molecule has 28 heavy (non-hydrogen) atoms. The summed E-state index contributed by atoms with van der Waals surface area (Å²) in [5, 5.41) is 0. The summed E-state index contributed by atoms with van der Waals surface area (Å²) in [4.78, 5) is 16.8. The Kier molecular flexibility index (Phi) is 6.14. The van der Waals surface area contributed by atoms with Crippen LogP contribution >= 0.6 is 0 Å². The Morgan fingerprint density at radius 1 is 1.11 bits per heavy atom. The Hall–Kier alpha value is -1.49. The maximum absolute atomic E-state index is 13.0. The highest BCUT2D eigenvalue weighted by Gasteiger charge is 2.29. The normalized spacial score (nSPS) is 19.0. The first-order valence-corrected chi connectivity index (χ1v) is 12.9. The van der Waals surface area contributed by atoms with Crippen LogP contribution in [0.25, 0.3) is 0 Å². The fourth-order valence-corrected chi connectivity index (χ4v) is 5.05. The molecule has 1 aliphatic heterocycles. The van der Waals surface area contributed by atoms with Gasteiger partial charge >= 0.3 is 0 Å². The monoisotopic (exact) mass is 429 g/mol. The second-order valence-electron chi connectivity index (χ2n) is 7.64. The van der Waals surface area contributed by atoms with E-state index in [2.05, 4.69) is 4.72 Å². The highest BCUT2D eigenvalue weighted by molar-refractivity contribution is 7.90. The highest BCUT2D eigenvalue weighted by atomic mass is 32.2. The van der Waals surface area contributed by atoms with Crippen molar-refractivity contribution in [2.75, 3.05) is 44.7 Å². The van der Waals surface area contributed by atoms with Crippen LogP contribution in [-0.2, 0) is 19.9 Å². The number of rotatable bonds is 7. The molecule has 2 aliphatic rings. The van der Waals surface area contributed by atoms with Crippen LogP contribution in [0.1, 0.15) is 28.8 Å². The molecule has 1 saturated heterocycles. The second kappa shape index (κ2) is 8.10. The van der Waals surface area contributed by atoms with Gasteiger partial charge in [0.15, 0.2) is 0 Å². The zero-order valence-corrected chi connectivity index (χ0v) is 17.9. The molecule has 0 atom stereocenters. The van der Waals surface area contributed by atoms with Gasteiger partial charge in [-0.2, -0.15) is 0 Å². The molecule has 2 fully saturated rings. The van der Waals surface area contributed by atoms with Crippen LogP contribution in [0.3, 0.4) is 0 Å². The lowest BCUT2D eigenvalue weighted by molar-refractivity contribution is 0.0643. The molecule has 0 spiro atoms. The standard InChI is InChI=1S/C18H27N3O5S2/c1-14-3-6-16(28(25,26)19-15-4-5-15)13-17(14)18(22)21-9-7-20(8-10-21)11-12-27(2,23)24/h3,6,13,15,19H,4-5,7-12H2,1-2H3. The molecule has 8 nitrogen and oxygen atoms in total. The number of nitrogens with zero attached hydrogens (tertiary/aromatic N) is 2. The Bertz CT molecular complexity index is 947. The van der Waals surface area contributed by atoms with E-state index in [9.17, 15) is 21.6 Å². The average molecular weight is 430 g/mol. The number of sulfone groups is 1. The van der Waals surface area contributed by atoms with Gasteiger partial charge < -0.3 is 4.90 Å². The number of piperazine rings is 1. The van der Waals surface area contributed by atoms with E-state index in [4.69, 9.17) is 0 Å². The highest BCUT2D eigenvalue weighted by Crippen LogP contribution is 2.24. The minimum atomic E-state index is -3.62. The van der Waals surface area contributed by atoms with E-state index in [0.717, 1.165) is 18.4 Å². The first kappa shape index (κ1) is 21.2.